The minimum atomic E-state index is 0.150. The third kappa shape index (κ3) is 2.51. The molecule has 16 heavy (non-hydrogen) atoms. The van der Waals surface area contributed by atoms with Gasteiger partial charge in [-0.15, -0.1) is 0 Å². The molecule has 7 heteroatoms. The number of ether oxygens (including phenoxy) is 1. The molecule has 0 aromatic carbocycles. The van der Waals surface area contributed by atoms with Crippen LogP contribution in [0.5, 0.6) is 6.01 Å². The number of hydrogen-bond acceptors (Lipinski definition) is 6. The van der Waals surface area contributed by atoms with E-state index in [0.717, 1.165) is 25.9 Å². The van der Waals surface area contributed by atoms with Gasteiger partial charge in [-0.1, -0.05) is 0 Å². The summed E-state index contributed by atoms with van der Waals surface area (Å²) in [5.74, 6) is 0.559. The normalized spacial score (nSPS) is 17.6. The zero-order valence-electron chi connectivity index (χ0n) is 9.06. The van der Waals surface area contributed by atoms with Crippen LogP contribution in [-0.2, 0) is 0 Å². The van der Waals surface area contributed by atoms with Crippen molar-refractivity contribution < 1.29 is 4.74 Å². The summed E-state index contributed by atoms with van der Waals surface area (Å²) in [5, 5.41) is 0.150. The van der Waals surface area contributed by atoms with E-state index in [4.69, 9.17) is 22.1 Å². The number of rotatable bonds is 2. The summed E-state index contributed by atoms with van der Waals surface area (Å²) < 4.78 is 4.95. The summed E-state index contributed by atoms with van der Waals surface area (Å²) in [5.41, 5.74) is 5.83. The molecule has 1 aromatic heterocycles. The van der Waals surface area contributed by atoms with Crippen molar-refractivity contribution in [2.75, 3.05) is 25.1 Å². The summed E-state index contributed by atoms with van der Waals surface area (Å²) >= 11 is 5.78. The zero-order valence-corrected chi connectivity index (χ0v) is 9.81. The largest absolute Gasteiger partial charge is 0.467 e. The van der Waals surface area contributed by atoms with Crippen molar-refractivity contribution in [2.24, 2.45) is 5.73 Å². The molecule has 2 N–H and O–H groups in total. The van der Waals surface area contributed by atoms with Gasteiger partial charge in [-0.25, -0.2) is 0 Å². The molecular formula is C9H14ClN5O. The molecule has 88 valence electrons. The topological polar surface area (TPSA) is 77.2 Å². The second-order valence-corrected chi connectivity index (χ2v) is 4.05. The number of nitrogens with zero attached hydrogens (tertiary/aromatic N) is 4. The number of piperidine rings is 1. The van der Waals surface area contributed by atoms with Gasteiger partial charge in [-0.3, -0.25) is 0 Å². The van der Waals surface area contributed by atoms with Crippen LogP contribution < -0.4 is 15.4 Å². The highest BCUT2D eigenvalue weighted by Gasteiger charge is 2.19. The minimum Gasteiger partial charge on any atom is -0.467 e. The van der Waals surface area contributed by atoms with Gasteiger partial charge in [0.2, 0.25) is 11.2 Å². The standard InChI is InChI=1S/C9H14ClN5O/c1-16-9-13-7(10)12-8(14-9)15-4-2-6(11)3-5-15/h6H,2-5,11H2,1H3. The van der Waals surface area contributed by atoms with Crippen molar-refractivity contribution in [1.82, 2.24) is 15.0 Å². The van der Waals surface area contributed by atoms with Crippen LogP contribution in [-0.4, -0.2) is 41.2 Å². The predicted octanol–water partition coefficient (Wildman–Crippen LogP) is 0.461. The number of anilines is 1. The average Bonchev–Trinajstić information content (AvgIpc) is 2.29. The van der Waals surface area contributed by atoms with Crippen LogP contribution in [0.4, 0.5) is 5.95 Å². The molecule has 0 amide bonds. The summed E-state index contributed by atoms with van der Waals surface area (Å²) in [4.78, 5) is 14.1. The van der Waals surface area contributed by atoms with E-state index in [2.05, 4.69) is 15.0 Å². The van der Waals surface area contributed by atoms with E-state index in [1.165, 1.54) is 7.11 Å². The van der Waals surface area contributed by atoms with E-state index in [1.807, 2.05) is 4.90 Å². The molecule has 0 bridgehead atoms. The lowest BCUT2D eigenvalue weighted by Gasteiger charge is -2.29. The molecular weight excluding hydrogens is 230 g/mol. The minimum absolute atomic E-state index is 0.150. The lowest BCUT2D eigenvalue weighted by molar-refractivity contribution is 0.377. The maximum absolute atomic E-state index is 5.83. The number of aromatic nitrogens is 3. The van der Waals surface area contributed by atoms with Crippen LogP contribution in [0.25, 0.3) is 0 Å². The Morgan fingerprint density at radius 1 is 1.31 bits per heavy atom. The second-order valence-electron chi connectivity index (χ2n) is 3.72. The van der Waals surface area contributed by atoms with Gasteiger partial charge in [-0.2, -0.15) is 15.0 Å². The van der Waals surface area contributed by atoms with E-state index < -0.39 is 0 Å². The molecule has 1 aromatic rings. The second kappa shape index (κ2) is 4.80. The third-order valence-electron chi connectivity index (χ3n) is 2.58. The molecule has 1 aliphatic heterocycles. The Morgan fingerprint density at radius 2 is 2.00 bits per heavy atom. The molecule has 2 heterocycles. The van der Waals surface area contributed by atoms with Gasteiger partial charge in [0.05, 0.1) is 7.11 Å². The first-order valence-electron chi connectivity index (χ1n) is 5.15. The van der Waals surface area contributed by atoms with Crippen LogP contribution in [0.1, 0.15) is 12.8 Å². The highest BCUT2D eigenvalue weighted by molar-refractivity contribution is 6.28. The van der Waals surface area contributed by atoms with E-state index >= 15 is 0 Å². The third-order valence-corrected chi connectivity index (χ3v) is 2.75. The molecule has 6 nitrogen and oxygen atoms in total. The Kier molecular flexibility index (Phi) is 3.40. The highest BCUT2D eigenvalue weighted by Crippen LogP contribution is 2.18. The van der Waals surface area contributed by atoms with E-state index in [0.29, 0.717) is 5.95 Å². The smallest absolute Gasteiger partial charge is 0.322 e. The summed E-state index contributed by atoms with van der Waals surface area (Å²) in [6, 6.07) is 0.514. The lowest BCUT2D eigenvalue weighted by atomic mass is 10.1. The van der Waals surface area contributed by atoms with Crippen molar-refractivity contribution in [2.45, 2.75) is 18.9 Å². The van der Waals surface area contributed by atoms with E-state index in [-0.39, 0.29) is 17.3 Å². The maximum Gasteiger partial charge on any atom is 0.322 e. The van der Waals surface area contributed by atoms with Crippen molar-refractivity contribution >= 4 is 17.5 Å². The van der Waals surface area contributed by atoms with Crippen LogP contribution in [0.2, 0.25) is 5.28 Å². The number of nitrogens with two attached hydrogens (primary N) is 1. The first-order valence-corrected chi connectivity index (χ1v) is 5.53. The highest BCUT2D eigenvalue weighted by atomic mass is 35.5. The molecule has 0 aliphatic carbocycles. The molecule has 1 saturated heterocycles. The van der Waals surface area contributed by atoms with Crippen molar-refractivity contribution in [1.29, 1.82) is 0 Å². The van der Waals surface area contributed by atoms with Gasteiger partial charge < -0.3 is 15.4 Å². The van der Waals surface area contributed by atoms with Gasteiger partial charge in [0.1, 0.15) is 0 Å². The summed E-state index contributed by atoms with van der Waals surface area (Å²) in [6.07, 6.45) is 1.87. The van der Waals surface area contributed by atoms with Crippen LogP contribution in [0.15, 0.2) is 0 Å². The summed E-state index contributed by atoms with van der Waals surface area (Å²) in [6.45, 7) is 1.68. The first kappa shape index (κ1) is 11.3. The number of methoxy groups -OCH3 is 1. The fourth-order valence-electron chi connectivity index (χ4n) is 1.65. The number of hydrogen-bond donors (Lipinski definition) is 1. The Balaban J connectivity index is 2.16. The average molecular weight is 244 g/mol. The van der Waals surface area contributed by atoms with E-state index in [9.17, 15) is 0 Å². The SMILES string of the molecule is COc1nc(Cl)nc(N2CCC(N)CC2)n1. The first-order chi connectivity index (χ1) is 7.69. The van der Waals surface area contributed by atoms with Gasteiger partial charge in [0.15, 0.2) is 0 Å². The molecule has 1 aliphatic rings. The Labute approximate surface area is 98.8 Å². The molecule has 0 unspecified atom stereocenters. The van der Waals surface area contributed by atoms with Gasteiger partial charge in [0, 0.05) is 19.1 Å². The van der Waals surface area contributed by atoms with Crippen LogP contribution in [0.3, 0.4) is 0 Å². The van der Waals surface area contributed by atoms with Crippen LogP contribution in [0, 0.1) is 0 Å². The Morgan fingerprint density at radius 3 is 2.62 bits per heavy atom. The van der Waals surface area contributed by atoms with E-state index in [1.54, 1.807) is 0 Å². The Hall–Kier alpha value is -1.14. The molecule has 2 rings (SSSR count). The predicted molar refractivity (Wildman–Crippen MR) is 60.8 cm³/mol. The fourth-order valence-corrected chi connectivity index (χ4v) is 1.80. The lowest BCUT2D eigenvalue weighted by Crippen LogP contribution is -2.40. The maximum atomic E-state index is 5.83. The van der Waals surface area contributed by atoms with Crippen molar-refractivity contribution in [3.63, 3.8) is 0 Å². The monoisotopic (exact) mass is 243 g/mol. The quantitative estimate of drug-likeness (QED) is 0.813. The van der Waals surface area contributed by atoms with Gasteiger partial charge in [-0.05, 0) is 24.4 Å². The number of halogens is 1. The fraction of sp³-hybridized carbons (Fsp3) is 0.667. The molecule has 0 spiro atoms. The van der Waals surface area contributed by atoms with Crippen molar-refractivity contribution in [3.05, 3.63) is 5.28 Å². The molecule has 0 saturated carbocycles. The molecule has 0 atom stereocenters. The molecule has 1 fully saturated rings. The Bertz CT molecular complexity index is 367. The van der Waals surface area contributed by atoms with Gasteiger partial charge >= 0.3 is 6.01 Å². The van der Waals surface area contributed by atoms with Crippen LogP contribution >= 0.6 is 11.6 Å². The molecule has 0 radical (unpaired) electrons. The van der Waals surface area contributed by atoms with Crippen molar-refractivity contribution in [3.8, 4) is 6.01 Å². The van der Waals surface area contributed by atoms with Gasteiger partial charge in [0.25, 0.3) is 0 Å². The zero-order chi connectivity index (χ0) is 11.5. The summed E-state index contributed by atoms with van der Waals surface area (Å²) in [7, 11) is 1.50.